The SMILES string of the molecule is COc1ccc(C2(N)CCCCC2)c(O)c1. The van der Waals surface area contributed by atoms with Crippen LogP contribution in [0.4, 0.5) is 0 Å². The van der Waals surface area contributed by atoms with Crippen LogP contribution in [-0.2, 0) is 5.54 Å². The Kier molecular flexibility index (Phi) is 3.06. The van der Waals surface area contributed by atoms with Gasteiger partial charge in [-0.05, 0) is 25.0 Å². The van der Waals surface area contributed by atoms with E-state index in [1.165, 1.54) is 6.42 Å². The summed E-state index contributed by atoms with van der Waals surface area (Å²) in [6, 6.07) is 5.39. The average molecular weight is 221 g/mol. The number of aromatic hydroxyl groups is 1. The van der Waals surface area contributed by atoms with Gasteiger partial charge in [0.2, 0.25) is 0 Å². The third-order valence-corrected chi connectivity index (χ3v) is 3.49. The van der Waals surface area contributed by atoms with Gasteiger partial charge in [0.15, 0.2) is 0 Å². The van der Waals surface area contributed by atoms with Crippen molar-refractivity contribution in [2.45, 2.75) is 37.6 Å². The minimum atomic E-state index is -0.353. The van der Waals surface area contributed by atoms with Crippen LogP contribution in [0.15, 0.2) is 18.2 Å². The van der Waals surface area contributed by atoms with E-state index in [1.54, 1.807) is 13.2 Å². The normalized spacial score (nSPS) is 19.4. The van der Waals surface area contributed by atoms with Crippen LogP contribution in [0.2, 0.25) is 0 Å². The van der Waals surface area contributed by atoms with Crippen molar-refractivity contribution in [3.05, 3.63) is 23.8 Å². The first-order valence-electron chi connectivity index (χ1n) is 5.82. The highest BCUT2D eigenvalue weighted by atomic mass is 16.5. The lowest BCUT2D eigenvalue weighted by Crippen LogP contribution is -2.38. The van der Waals surface area contributed by atoms with Crippen molar-refractivity contribution in [1.82, 2.24) is 0 Å². The monoisotopic (exact) mass is 221 g/mol. The Morgan fingerprint density at radius 2 is 1.94 bits per heavy atom. The van der Waals surface area contributed by atoms with Crippen LogP contribution >= 0.6 is 0 Å². The molecule has 1 aromatic rings. The molecule has 0 amide bonds. The number of benzene rings is 1. The lowest BCUT2D eigenvalue weighted by molar-refractivity contribution is 0.291. The molecule has 1 saturated carbocycles. The number of phenols is 1. The molecule has 0 atom stereocenters. The molecule has 0 radical (unpaired) electrons. The third kappa shape index (κ3) is 2.00. The smallest absolute Gasteiger partial charge is 0.124 e. The number of hydrogen-bond donors (Lipinski definition) is 2. The van der Waals surface area contributed by atoms with E-state index < -0.39 is 0 Å². The zero-order valence-corrected chi connectivity index (χ0v) is 9.70. The van der Waals surface area contributed by atoms with Gasteiger partial charge in [0.05, 0.1) is 7.11 Å². The second kappa shape index (κ2) is 4.34. The number of hydrogen-bond acceptors (Lipinski definition) is 3. The Balaban J connectivity index is 2.32. The molecule has 16 heavy (non-hydrogen) atoms. The second-order valence-electron chi connectivity index (χ2n) is 4.60. The molecule has 0 saturated heterocycles. The molecule has 0 bridgehead atoms. The van der Waals surface area contributed by atoms with Gasteiger partial charge in [0.25, 0.3) is 0 Å². The Hall–Kier alpha value is -1.22. The molecule has 3 nitrogen and oxygen atoms in total. The van der Waals surface area contributed by atoms with Gasteiger partial charge in [-0.2, -0.15) is 0 Å². The van der Waals surface area contributed by atoms with Crippen molar-refractivity contribution in [2.75, 3.05) is 7.11 Å². The quantitative estimate of drug-likeness (QED) is 0.806. The predicted molar refractivity (Wildman–Crippen MR) is 63.6 cm³/mol. The molecular formula is C13H19NO2. The van der Waals surface area contributed by atoms with E-state index in [9.17, 15) is 5.11 Å². The van der Waals surface area contributed by atoms with Crippen molar-refractivity contribution in [1.29, 1.82) is 0 Å². The minimum absolute atomic E-state index is 0.253. The number of ether oxygens (including phenoxy) is 1. The first-order valence-corrected chi connectivity index (χ1v) is 5.82. The highest BCUT2D eigenvalue weighted by Gasteiger charge is 2.31. The van der Waals surface area contributed by atoms with Crippen LogP contribution in [0, 0.1) is 0 Å². The summed E-state index contributed by atoms with van der Waals surface area (Å²) >= 11 is 0. The highest BCUT2D eigenvalue weighted by molar-refractivity contribution is 5.43. The summed E-state index contributed by atoms with van der Waals surface area (Å²) in [5, 5.41) is 9.98. The predicted octanol–water partition coefficient (Wildman–Crippen LogP) is 2.52. The highest BCUT2D eigenvalue weighted by Crippen LogP contribution is 2.39. The summed E-state index contributed by atoms with van der Waals surface area (Å²) in [5.41, 5.74) is 6.87. The topological polar surface area (TPSA) is 55.5 Å². The largest absolute Gasteiger partial charge is 0.507 e. The van der Waals surface area contributed by atoms with Crippen LogP contribution in [-0.4, -0.2) is 12.2 Å². The van der Waals surface area contributed by atoms with Crippen LogP contribution in [0.1, 0.15) is 37.7 Å². The zero-order valence-electron chi connectivity index (χ0n) is 9.70. The summed E-state index contributed by atoms with van der Waals surface area (Å²) in [4.78, 5) is 0. The van der Waals surface area contributed by atoms with Crippen molar-refractivity contribution in [3.63, 3.8) is 0 Å². The minimum Gasteiger partial charge on any atom is -0.507 e. The van der Waals surface area contributed by atoms with E-state index in [0.717, 1.165) is 31.2 Å². The lowest BCUT2D eigenvalue weighted by atomic mass is 9.77. The molecule has 0 heterocycles. The zero-order chi connectivity index (χ0) is 11.6. The number of rotatable bonds is 2. The van der Waals surface area contributed by atoms with Gasteiger partial charge in [-0.1, -0.05) is 19.3 Å². The molecule has 0 aromatic heterocycles. The summed E-state index contributed by atoms with van der Waals surface area (Å²) in [6.07, 6.45) is 5.43. The number of methoxy groups -OCH3 is 1. The molecule has 0 aliphatic heterocycles. The lowest BCUT2D eigenvalue weighted by Gasteiger charge is -2.34. The van der Waals surface area contributed by atoms with Gasteiger partial charge in [-0.25, -0.2) is 0 Å². The molecule has 88 valence electrons. The van der Waals surface area contributed by atoms with Gasteiger partial charge in [0, 0.05) is 17.2 Å². The van der Waals surface area contributed by atoms with Crippen LogP contribution < -0.4 is 10.5 Å². The summed E-state index contributed by atoms with van der Waals surface area (Å²) in [7, 11) is 1.59. The van der Waals surface area contributed by atoms with E-state index >= 15 is 0 Å². The standard InChI is InChI=1S/C13H19NO2/c1-16-10-5-6-11(12(15)9-10)13(14)7-3-2-4-8-13/h5-6,9,15H,2-4,7-8,14H2,1H3. The third-order valence-electron chi connectivity index (χ3n) is 3.49. The maximum absolute atomic E-state index is 9.98. The van der Waals surface area contributed by atoms with Crippen LogP contribution in [0.25, 0.3) is 0 Å². The fourth-order valence-corrected chi connectivity index (χ4v) is 2.51. The number of phenolic OH excluding ortho intramolecular Hbond substituents is 1. The maximum Gasteiger partial charge on any atom is 0.124 e. The maximum atomic E-state index is 9.98. The molecule has 1 aliphatic rings. The first-order chi connectivity index (χ1) is 7.65. The van der Waals surface area contributed by atoms with Crippen molar-refractivity contribution >= 4 is 0 Å². The first kappa shape index (κ1) is 11.3. The van der Waals surface area contributed by atoms with Gasteiger partial charge < -0.3 is 15.6 Å². The van der Waals surface area contributed by atoms with E-state index in [0.29, 0.717) is 5.75 Å². The molecule has 0 spiro atoms. The Bertz CT molecular complexity index is 370. The molecule has 2 rings (SSSR count). The van der Waals surface area contributed by atoms with E-state index in [1.807, 2.05) is 12.1 Å². The van der Waals surface area contributed by atoms with Gasteiger partial charge in [0.1, 0.15) is 11.5 Å². The van der Waals surface area contributed by atoms with Crippen LogP contribution in [0.5, 0.6) is 11.5 Å². The van der Waals surface area contributed by atoms with E-state index in [4.69, 9.17) is 10.5 Å². The molecule has 3 heteroatoms. The number of nitrogens with two attached hydrogens (primary N) is 1. The van der Waals surface area contributed by atoms with Crippen LogP contribution in [0.3, 0.4) is 0 Å². The fraction of sp³-hybridized carbons (Fsp3) is 0.538. The molecule has 1 aliphatic carbocycles. The van der Waals surface area contributed by atoms with E-state index in [2.05, 4.69) is 0 Å². The summed E-state index contributed by atoms with van der Waals surface area (Å²) in [6.45, 7) is 0. The second-order valence-corrected chi connectivity index (χ2v) is 4.60. The molecule has 3 N–H and O–H groups in total. The van der Waals surface area contributed by atoms with Gasteiger partial charge >= 0.3 is 0 Å². The van der Waals surface area contributed by atoms with Crippen molar-refractivity contribution in [3.8, 4) is 11.5 Å². The molecule has 0 unspecified atom stereocenters. The molecular weight excluding hydrogens is 202 g/mol. The Labute approximate surface area is 96.2 Å². The summed E-state index contributed by atoms with van der Waals surface area (Å²) in [5.74, 6) is 0.921. The van der Waals surface area contributed by atoms with Gasteiger partial charge in [-0.15, -0.1) is 0 Å². The Morgan fingerprint density at radius 1 is 1.25 bits per heavy atom. The molecule has 1 aromatic carbocycles. The van der Waals surface area contributed by atoms with Crippen molar-refractivity contribution < 1.29 is 9.84 Å². The Morgan fingerprint density at radius 3 is 2.50 bits per heavy atom. The van der Waals surface area contributed by atoms with E-state index in [-0.39, 0.29) is 11.3 Å². The summed E-state index contributed by atoms with van der Waals surface area (Å²) < 4.78 is 5.07. The fourth-order valence-electron chi connectivity index (χ4n) is 2.51. The average Bonchev–Trinajstić information content (AvgIpc) is 2.29. The van der Waals surface area contributed by atoms with Crippen molar-refractivity contribution in [2.24, 2.45) is 5.73 Å². The molecule has 1 fully saturated rings. The van der Waals surface area contributed by atoms with Gasteiger partial charge in [-0.3, -0.25) is 0 Å².